The van der Waals surface area contributed by atoms with E-state index in [1.165, 1.54) is 23.5 Å². The molecular formula is C20H19N3O4S. The average Bonchev–Trinajstić information content (AvgIpc) is 3.12. The number of carbonyl (C=O) groups excluding carboxylic acids is 1. The monoisotopic (exact) mass is 397 g/mol. The molecule has 0 aliphatic rings. The Kier molecular flexibility index (Phi) is 6.00. The maximum absolute atomic E-state index is 12.3. The van der Waals surface area contributed by atoms with Crippen molar-refractivity contribution < 1.29 is 14.5 Å². The standard InChI is InChI=1S/C20H19N3O4S/c1-3-13(2)27-17-7-4-14(5-8-17)12-21-22-20(24)19-11-15-10-16(23(25)26)6-9-18(15)28-19/h4-13H,3H2,1-2H3,(H,22,24)/b21-12-/t13-/m0/s1. The molecular weight excluding hydrogens is 378 g/mol. The molecule has 1 N–H and O–H groups in total. The van der Waals surface area contributed by atoms with Gasteiger partial charge >= 0.3 is 0 Å². The number of nitro groups is 1. The Labute approximate surface area is 165 Å². The number of nitrogens with one attached hydrogen (secondary N) is 1. The number of benzene rings is 2. The minimum Gasteiger partial charge on any atom is -0.491 e. The number of hydrogen-bond acceptors (Lipinski definition) is 6. The van der Waals surface area contributed by atoms with E-state index < -0.39 is 4.92 Å². The fourth-order valence-electron chi connectivity index (χ4n) is 2.42. The van der Waals surface area contributed by atoms with Gasteiger partial charge in [-0.3, -0.25) is 14.9 Å². The molecule has 0 saturated carbocycles. The van der Waals surface area contributed by atoms with Crippen molar-refractivity contribution in [2.75, 3.05) is 0 Å². The molecule has 0 aliphatic heterocycles. The zero-order chi connectivity index (χ0) is 20.1. The lowest BCUT2D eigenvalue weighted by molar-refractivity contribution is -0.384. The van der Waals surface area contributed by atoms with Gasteiger partial charge in [-0.1, -0.05) is 6.92 Å². The Hall–Kier alpha value is -3.26. The molecule has 3 aromatic rings. The zero-order valence-electron chi connectivity index (χ0n) is 15.4. The molecule has 0 radical (unpaired) electrons. The fraction of sp³-hybridized carbons (Fsp3) is 0.200. The van der Waals surface area contributed by atoms with Gasteiger partial charge in [0, 0.05) is 22.2 Å². The van der Waals surface area contributed by atoms with Crippen LogP contribution in [0.1, 0.15) is 35.5 Å². The Morgan fingerprint density at radius 2 is 2.04 bits per heavy atom. The third-order valence-electron chi connectivity index (χ3n) is 4.11. The summed E-state index contributed by atoms with van der Waals surface area (Å²) in [7, 11) is 0. The van der Waals surface area contributed by atoms with Crippen LogP contribution < -0.4 is 10.2 Å². The van der Waals surface area contributed by atoms with Crippen molar-refractivity contribution in [2.24, 2.45) is 5.10 Å². The van der Waals surface area contributed by atoms with Gasteiger partial charge < -0.3 is 4.74 Å². The van der Waals surface area contributed by atoms with Gasteiger partial charge in [0.1, 0.15) is 5.75 Å². The number of rotatable bonds is 7. The lowest BCUT2D eigenvalue weighted by atomic mass is 10.2. The van der Waals surface area contributed by atoms with Crippen molar-refractivity contribution in [1.82, 2.24) is 5.43 Å². The van der Waals surface area contributed by atoms with Gasteiger partial charge in [0.15, 0.2) is 0 Å². The number of hydrazone groups is 1. The van der Waals surface area contributed by atoms with Crippen molar-refractivity contribution in [1.29, 1.82) is 0 Å². The molecule has 2 aromatic carbocycles. The van der Waals surface area contributed by atoms with Gasteiger partial charge in [-0.05, 0) is 55.3 Å². The predicted molar refractivity (Wildman–Crippen MR) is 110 cm³/mol. The Bertz CT molecular complexity index is 1030. The normalized spacial score (nSPS) is 12.2. The Morgan fingerprint density at radius 1 is 1.29 bits per heavy atom. The minimum absolute atomic E-state index is 0.00367. The van der Waals surface area contributed by atoms with Crippen LogP contribution in [-0.2, 0) is 0 Å². The lowest BCUT2D eigenvalue weighted by Crippen LogP contribution is -2.16. The lowest BCUT2D eigenvalue weighted by Gasteiger charge is -2.12. The first kappa shape index (κ1) is 19.5. The first-order valence-corrected chi connectivity index (χ1v) is 9.56. The molecule has 28 heavy (non-hydrogen) atoms. The Morgan fingerprint density at radius 3 is 2.71 bits per heavy atom. The maximum atomic E-state index is 12.3. The second kappa shape index (κ2) is 8.62. The highest BCUT2D eigenvalue weighted by molar-refractivity contribution is 7.20. The van der Waals surface area contributed by atoms with Gasteiger partial charge in [0.05, 0.1) is 22.1 Å². The molecule has 1 aromatic heterocycles. The minimum atomic E-state index is -0.458. The molecule has 0 bridgehead atoms. The van der Waals surface area contributed by atoms with Crippen molar-refractivity contribution in [2.45, 2.75) is 26.4 Å². The summed E-state index contributed by atoms with van der Waals surface area (Å²) >= 11 is 1.26. The number of nitrogens with zero attached hydrogens (tertiary/aromatic N) is 2. The first-order chi connectivity index (χ1) is 13.5. The molecule has 8 heteroatoms. The summed E-state index contributed by atoms with van der Waals surface area (Å²) in [6.45, 7) is 4.07. The van der Waals surface area contributed by atoms with E-state index in [1.54, 1.807) is 18.3 Å². The largest absolute Gasteiger partial charge is 0.491 e. The SMILES string of the molecule is CC[C@H](C)Oc1ccc(/C=N\NC(=O)c2cc3cc([N+](=O)[O-])ccc3s2)cc1. The number of non-ortho nitro benzene ring substituents is 1. The van der Waals surface area contributed by atoms with E-state index in [2.05, 4.69) is 17.5 Å². The summed E-state index contributed by atoms with van der Waals surface area (Å²) in [5.74, 6) is 0.423. The summed E-state index contributed by atoms with van der Waals surface area (Å²) in [6.07, 6.45) is 2.63. The van der Waals surface area contributed by atoms with Gasteiger partial charge in [0.2, 0.25) is 0 Å². The van der Waals surface area contributed by atoms with Crippen LogP contribution in [0.15, 0.2) is 53.6 Å². The summed E-state index contributed by atoms with van der Waals surface area (Å²) in [6, 6.07) is 13.6. The second-order valence-electron chi connectivity index (χ2n) is 6.19. The molecule has 1 atom stereocenters. The van der Waals surface area contributed by atoms with E-state index in [1.807, 2.05) is 31.2 Å². The van der Waals surface area contributed by atoms with E-state index in [-0.39, 0.29) is 17.7 Å². The van der Waals surface area contributed by atoms with Crippen LogP contribution in [0.25, 0.3) is 10.1 Å². The summed E-state index contributed by atoms with van der Waals surface area (Å²) < 4.78 is 6.52. The van der Waals surface area contributed by atoms with Crippen LogP contribution in [0.5, 0.6) is 5.75 Å². The van der Waals surface area contributed by atoms with Crippen LogP contribution in [0.3, 0.4) is 0 Å². The second-order valence-corrected chi connectivity index (χ2v) is 7.28. The molecule has 7 nitrogen and oxygen atoms in total. The highest BCUT2D eigenvalue weighted by Gasteiger charge is 2.12. The summed E-state index contributed by atoms with van der Waals surface area (Å²) in [4.78, 5) is 23.1. The van der Waals surface area contributed by atoms with Gasteiger partial charge in [-0.15, -0.1) is 11.3 Å². The van der Waals surface area contributed by atoms with E-state index in [9.17, 15) is 14.9 Å². The predicted octanol–water partition coefficient (Wildman–Crippen LogP) is 4.75. The number of ether oxygens (including phenoxy) is 1. The van der Waals surface area contributed by atoms with Crippen molar-refractivity contribution in [3.8, 4) is 5.75 Å². The molecule has 1 heterocycles. The molecule has 0 unspecified atom stereocenters. The van der Waals surface area contributed by atoms with Crippen LogP contribution in [0.4, 0.5) is 5.69 Å². The fourth-order valence-corrected chi connectivity index (χ4v) is 3.36. The number of thiophene rings is 1. The number of carbonyl (C=O) groups is 1. The Balaban J connectivity index is 1.63. The van der Waals surface area contributed by atoms with Gasteiger partial charge in [-0.25, -0.2) is 5.43 Å². The molecule has 144 valence electrons. The van der Waals surface area contributed by atoms with Gasteiger partial charge in [0.25, 0.3) is 11.6 Å². The number of hydrogen-bond donors (Lipinski definition) is 1. The van der Waals surface area contributed by atoms with Crippen molar-refractivity contribution in [3.05, 3.63) is 69.1 Å². The van der Waals surface area contributed by atoms with Crippen LogP contribution in [0, 0.1) is 10.1 Å². The van der Waals surface area contributed by atoms with E-state index >= 15 is 0 Å². The van der Waals surface area contributed by atoms with E-state index in [4.69, 9.17) is 4.74 Å². The van der Waals surface area contributed by atoms with Crippen molar-refractivity contribution >= 4 is 39.2 Å². The molecule has 0 saturated heterocycles. The molecule has 3 rings (SSSR count). The number of amides is 1. The van der Waals surface area contributed by atoms with Crippen LogP contribution >= 0.6 is 11.3 Å². The third kappa shape index (κ3) is 4.72. The smallest absolute Gasteiger partial charge is 0.281 e. The zero-order valence-corrected chi connectivity index (χ0v) is 16.2. The number of fused-ring (bicyclic) bond motifs is 1. The maximum Gasteiger partial charge on any atom is 0.281 e. The molecule has 1 amide bonds. The molecule has 0 fully saturated rings. The summed E-state index contributed by atoms with van der Waals surface area (Å²) in [5, 5.41) is 15.5. The van der Waals surface area contributed by atoms with Gasteiger partial charge in [-0.2, -0.15) is 5.10 Å². The van der Waals surface area contributed by atoms with Crippen molar-refractivity contribution in [3.63, 3.8) is 0 Å². The highest BCUT2D eigenvalue weighted by Crippen LogP contribution is 2.28. The average molecular weight is 397 g/mol. The van der Waals surface area contributed by atoms with E-state index in [0.29, 0.717) is 10.3 Å². The first-order valence-electron chi connectivity index (χ1n) is 8.74. The highest BCUT2D eigenvalue weighted by atomic mass is 32.1. The third-order valence-corrected chi connectivity index (χ3v) is 5.22. The number of nitro benzene ring substituents is 1. The van der Waals surface area contributed by atoms with E-state index in [0.717, 1.165) is 22.4 Å². The topological polar surface area (TPSA) is 93.8 Å². The van der Waals surface area contributed by atoms with Crippen LogP contribution in [0.2, 0.25) is 0 Å². The quantitative estimate of drug-likeness (QED) is 0.354. The molecule has 0 spiro atoms. The summed E-state index contributed by atoms with van der Waals surface area (Å²) in [5.41, 5.74) is 3.30. The molecule has 0 aliphatic carbocycles. The van der Waals surface area contributed by atoms with Crippen LogP contribution in [-0.4, -0.2) is 23.1 Å².